The summed E-state index contributed by atoms with van der Waals surface area (Å²) in [6.07, 6.45) is 0. The molecule has 0 aliphatic carbocycles. The molecule has 120 valence electrons. The maximum absolute atomic E-state index is 12.2. The third-order valence-corrected chi connectivity index (χ3v) is 3.75. The number of amides is 2. The van der Waals surface area contributed by atoms with E-state index >= 15 is 0 Å². The highest BCUT2D eigenvalue weighted by molar-refractivity contribution is 6.39. The molecule has 8 heteroatoms. The highest BCUT2D eigenvalue weighted by atomic mass is 35.5. The largest absolute Gasteiger partial charge is 0.496 e. The second kappa shape index (κ2) is 7.55. The minimum Gasteiger partial charge on any atom is -0.496 e. The first-order valence-corrected chi connectivity index (χ1v) is 7.45. The lowest BCUT2D eigenvalue weighted by Gasteiger charge is -2.12. The number of methoxy groups -OCH3 is 1. The Balaban J connectivity index is 2.13. The average molecular weight is 374 g/mol. The lowest BCUT2D eigenvalue weighted by atomic mass is 10.2. The van der Waals surface area contributed by atoms with Crippen LogP contribution >= 0.6 is 34.8 Å². The van der Waals surface area contributed by atoms with Crippen LogP contribution in [0.3, 0.4) is 0 Å². The number of hydrogen-bond donors (Lipinski definition) is 2. The number of halogens is 3. The van der Waals surface area contributed by atoms with E-state index in [-0.39, 0.29) is 21.2 Å². The van der Waals surface area contributed by atoms with Gasteiger partial charge >= 0.3 is 0 Å². The molecule has 0 spiro atoms. The summed E-state index contributed by atoms with van der Waals surface area (Å²) in [6, 6.07) is 9.19. The number of rotatable bonds is 3. The molecule has 2 aromatic carbocycles. The smallest absolute Gasteiger partial charge is 0.273 e. The van der Waals surface area contributed by atoms with Crippen molar-refractivity contribution in [1.82, 2.24) is 10.9 Å². The Morgan fingerprint density at radius 2 is 1.57 bits per heavy atom. The molecule has 0 heterocycles. The number of hydrazine groups is 1. The minimum atomic E-state index is -0.644. The molecule has 0 aromatic heterocycles. The Labute approximate surface area is 147 Å². The van der Waals surface area contributed by atoms with Crippen LogP contribution in [0.15, 0.2) is 36.4 Å². The van der Waals surface area contributed by atoms with Crippen LogP contribution in [0.5, 0.6) is 5.75 Å². The summed E-state index contributed by atoms with van der Waals surface area (Å²) in [5.74, 6) is -0.923. The van der Waals surface area contributed by atoms with E-state index in [1.165, 1.54) is 25.3 Å². The zero-order chi connectivity index (χ0) is 17.0. The van der Waals surface area contributed by atoms with Crippen LogP contribution in [-0.4, -0.2) is 18.9 Å². The topological polar surface area (TPSA) is 67.4 Å². The highest BCUT2D eigenvalue weighted by Gasteiger charge is 2.17. The van der Waals surface area contributed by atoms with Gasteiger partial charge < -0.3 is 4.74 Å². The van der Waals surface area contributed by atoms with E-state index in [2.05, 4.69) is 10.9 Å². The Morgan fingerprint density at radius 1 is 0.957 bits per heavy atom. The summed E-state index contributed by atoms with van der Waals surface area (Å²) in [6.45, 7) is 0. The molecular weight excluding hydrogens is 363 g/mol. The SMILES string of the molecule is COc1ccc(Cl)cc1C(=O)NNC(=O)c1c(Cl)cccc1Cl. The van der Waals surface area contributed by atoms with Gasteiger partial charge in [-0.15, -0.1) is 0 Å². The van der Waals surface area contributed by atoms with Crippen LogP contribution in [0.25, 0.3) is 0 Å². The lowest BCUT2D eigenvalue weighted by molar-refractivity contribution is 0.0845. The number of benzene rings is 2. The Kier molecular flexibility index (Phi) is 5.71. The molecule has 0 aliphatic heterocycles. The van der Waals surface area contributed by atoms with Gasteiger partial charge in [-0.25, -0.2) is 0 Å². The fourth-order valence-corrected chi connectivity index (χ4v) is 2.56. The van der Waals surface area contributed by atoms with Crippen LogP contribution in [0, 0.1) is 0 Å². The molecule has 5 nitrogen and oxygen atoms in total. The van der Waals surface area contributed by atoms with Crippen molar-refractivity contribution in [3.05, 3.63) is 62.6 Å². The summed E-state index contributed by atoms with van der Waals surface area (Å²) >= 11 is 17.7. The fourth-order valence-electron chi connectivity index (χ4n) is 1.82. The number of nitrogens with one attached hydrogen (secondary N) is 2. The van der Waals surface area contributed by atoms with Crippen molar-refractivity contribution < 1.29 is 14.3 Å². The first-order valence-electron chi connectivity index (χ1n) is 6.32. The van der Waals surface area contributed by atoms with Gasteiger partial charge in [0.2, 0.25) is 0 Å². The summed E-state index contributed by atoms with van der Waals surface area (Å²) < 4.78 is 5.08. The van der Waals surface area contributed by atoms with Gasteiger partial charge in [0.25, 0.3) is 11.8 Å². The zero-order valence-electron chi connectivity index (χ0n) is 11.8. The first-order chi connectivity index (χ1) is 10.9. The van der Waals surface area contributed by atoms with Crippen LogP contribution in [0.1, 0.15) is 20.7 Å². The molecule has 0 radical (unpaired) electrons. The molecule has 2 rings (SSSR count). The summed E-state index contributed by atoms with van der Waals surface area (Å²) in [5, 5.41) is 0.700. The van der Waals surface area contributed by atoms with Crippen molar-refractivity contribution in [2.24, 2.45) is 0 Å². The molecule has 0 bridgehead atoms. The third kappa shape index (κ3) is 4.07. The molecule has 0 unspecified atom stereocenters. The van der Waals surface area contributed by atoms with E-state index in [4.69, 9.17) is 39.5 Å². The zero-order valence-corrected chi connectivity index (χ0v) is 14.1. The van der Waals surface area contributed by atoms with Crippen LogP contribution in [0.2, 0.25) is 15.1 Å². The third-order valence-electron chi connectivity index (χ3n) is 2.89. The monoisotopic (exact) mass is 372 g/mol. The van der Waals surface area contributed by atoms with Crippen molar-refractivity contribution in [1.29, 1.82) is 0 Å². The van der Waals surface area contributed by atoms with Gasteiger partial charge in [0.15, 0.2) is 0 Å². The normalized spacial score (nSPS) is 10.1. The van der Waals surface area contributed by atoms with Crippen molar-refractivity contribution in [3.8, 4) is 5.75 Å². The van der Waals surface area contributed by atoms with Crippen LogP contribution < -0.4 is 15.6 Å². The number of carbonyl (C=O) groups is 2. The van der Waals surface area contributed by atoms with Gasteiger partial charge in [-0.2, -0.15) is 0 Å². The molecule has 2 amide bonds. The van der Waals surface area contributed by atoms with E-state index < -0.39 is 11.8 Å². The quantitative estimate of drug-likeness (QED) is 0.806. The van der Waals surface area contributed by atoms with Gasteiger partial charge in [-0.1, -0.05) is 40.9 Å². The van der Waals surface area contributed by atoms with E-state index in [0.29, 0.717) is 10.8 Å². The molecule has 0 aliphatic rings. The van der Waals surface area contributed by atoms with Crippen LogP contribution in [-0.2, 0) is 0 Å². The van der Waals surface area contributed by atoms with Crippen molar-refractivity contribution >= 4 is 46.6 Å². The molecular formula is C15H11Cl3N2O3. The number of carbonyl (C=O) groups excluding carboxylic acids is 2. The van der Waals surface area contributed by atoms with Crippen molar-refractivity contribution in [3.63, 3.8) is 0 Å². The predicted molar refractivity (Wildman–Crippen MR) is 89.4 cm³/mol. The standard InChI is InChI=1S/C15H11Cl3N2O3/c1-23-12-6-5-8(16)7-9(12)14(21)19-20-15(22)13-10(17)3-2-4-11(13)18/h2-7H,1H3,(H,19,21)(H,20,22). The average Bonchev–Trinajstić information content (AvgIpc) is 2.52. The van der Waals surface area contributed by atoms with E-state index in [9.17, 15) is 9.59 Å². The van der Waals surface area contributed by atoms with Gasteiger partial charge in [0.05, 0.1) is 28.3 Å². The molecule has 0 fully saturated rings. The van der Waals surface area contributed by atoms with Crippen molar-refractivity contribution in [2.45, 2.75) is 0 Å². The summed E-state index contributed by atoms with van der Waals surface area (Å²) in [5.41, 5.74) is 4.74. The van der Waals surface area contributed by atoms with Gasteiger partial charge in [0.1, 0.15) is 5.75 Å². The second-order valence-electron chi connectivity index (χ2n) is 4.35. The number of ether oxygens (including phenoxy) is 1. The summed E-state index contributed by atoms with van der Waals surface area (Å²) in [7, 11) is 1.42. The van der Waals surface area contributed by atoms with Gasteiger partial charge in [-0.05, 0) is 30.3 Å². The van der Waals surface area contributed by atoms with Crippen molar-refractivity contribution in [2.75, 3.05) is 7.11 Å². The summed E-state index contributed by atoms with van der Waals surface area (Å²) in [4.78, 5) is 24.2. The Morgan fingerprint density at radius 3 is 2.17 bits per heavy atom. The van der Waals surface area contributed by atoms with Crippen LogP contribution in [0.4, 0.5) is 0 Å². The molecule has 0 saturated heterocycles. The minimum absolute atomic E-state index is 0.0641. The molecule has 2 aromatic rings. The maximum atomic E-state index is 12.2. The van der Waals surface area contributed by atoms with E-state index in [0.717, 1.165) is 0 Å². The number of hydrogen-bond acceptors (Lipinski definition) is 3. The van der Waals surface area contributed by atoms with Gasteiger partial charge in [0, 0.05) is 5.02 Å². The first kappa shape index (κ1) is 17.4. The maximum Gasteiger partial charge on any atom is 0.273 e. The highest BCUT2D eigenvalue weighted by Crippen LogP contribution is 2.24. The van der Waals surface area contributed by atoms with E-state index in [1.807, 2.05) is 0 Å². The molecule has 0 saturated carbocycles. The Hall–Kier alpha value is -1.95. The molecule has 2 N–H and O–H groups in total. The molecule has 0 atom stereocenters. The van der Waals surface area contributed by atoms with Gasteiger partial charge in [-0.3, -0.25) is 20.4 Å². The predicted octanol–water partition coefficient (Wildman–Crippen LogP) is 3.73. The Bertz CT molecular complexity index is 745. The second-order valence-corrected chi connectivity index (χ2v) is 5.60. The van der Waals surface area contributed by atoms with E-state index in [1.54, 1.807) is 18.2 Å². The fraction of sp³-hybridized carbons (Fsp3) is 0.0667. The lowest BCUT2D eigenvalue weighted by Crippen LogP contribution is -2.42. The molecule has 23 heavy (non-hydrogen) atoms.